The van der Waals surface area contributed by atoms with Crippen LogP contribution in [0.3, 0.4) is 0 Å². The van der Waals surface area contributed by atoms with Crippen molar-refractivity contribution < 1.29 is 9.59 Å². The second-order valence-electron chi connectivity index (χ2n) is 15.2. The van der Waals surface area contributed by atoms with Crippen molar-refractivity contribution in [1.29, 1.82) is 0 Å². The predicted octanol–water partition coefficient (Wildman–Crippen LogP) is 8.49. The van der Waals surface area contributed by atoms with Crippen LogP contribution in [0.25, 0.3) is 44.4 Å². The summed E-state index contributed by atoms with van der Waals surface area (Å²) >= 11 is 0. The van der Waals surface area contributed by atoms with Gasteiger partial charge in [-0.25, -0.2) is 9.97 Å². The molecule has 0 saturated heterocycles. The van der Waals surface area contributed by atoms with Gasteiger partial charge in [0.2, 0.25) is 11.8 Å². The number of rotatable bonds is 20. The minimum atomic E-state index is 0.0567. The van der Waals surface area contributed by atoms with Crippen LogP contribution in [0.5, 0.6) is 0 Å². The molecule has 10 heteroatoms. The van der Waals surface area contributed by atoms with Gasteiger partial charge < -0.3 is 31.2 Å². The lowest BCUT2D eigenvalue weighted by Crippen LogP contribution is -2.25. The lowest BCUT2D eigenvalue weighted by atomic mass is 10.00. The zero-order chi connectivity index (χ0) is 40.2. The minimum Gasteiger partial charge on any atom is -0.356 e. The monoisotopic (exact) mass is 763 g/mol. The van der Waals surface area contributed by atoms with Gasteiger partial charge in [-0.1, -0.05) is 27.7 Å². The van der Waals surface area contributed by atoms with Crippen LogP contribution < -0.4 is 21.3 Å². The van der Waals surface area contributed by atoms with Crippen LogP contribution in [0.4, 0.5) is 0 Å². The number of aromatic nitrogens is 4. The third-order valence-electron chi connectivity index (χ3n) is 11.4. The van der Waals surface area contributed by atoms with E-state index in [4.69, 9.17) is 9.97 Å². The lowest BCUT2D eigenvalue weighted by Gasteiger charge is -2.08. The molecule has 6 N–H and O–H groups in total. The molecule has 0 fully saturated rings. The molecular formula is C46H66N8O2. The summed E-state index contributed by atoms with van der Waals surface area (Å²) in [5.41, 5.74) is 17.0. The van der Waals surface area contributed by atoms with Crippen LogP contribution >= 0.6 is 0 Å². The Bertz CT molecular complexity index is 2100. The van der Waals surface area contributed by atoms with E-state index < -0.39 is 0 Å². The Hall–Kier alpha value is -4.54. The zero-order valence-corrected chi connectivity index (χ0v) is 35.3. The molecule has 0 spiro atoms. The molecule has 0 unspecified atom stereocenters. The van der Waals surface area contributed by atoms with Gasteiger partial charge in [0.15, 0.2) is 0 Å². The molecule has 5 heterocycles. The van der Waals surface area contributed by atoms with Crippen LogP contribution in [0.1, 0.15) is 138 Å². The Balaban J connectivity index is 1.59. The number of hydrogen-bond donors (Lipinski definition) is 6. The fraction of sp³-hybridized carbons (Fsp3) is 0.522. The van der Waals surface area contributed by atoms with Crippen molar-refractivity contribution >= 4 is 56.2 Å². The van der Waals surface area contributed by atoms with Gasteiger partial charge in [-0.05, 0) is 174 Å². The summed E-state index contributed by atoms with van der Waals surface area (Å²) in [6, 6.07) is 8.67. The Morgan fingerprint density at radius 3 is 1.54 bits per heavy atom. The van der Waals surface area contributed by atoms with Crippen LogP contribution in [0, 0.1) is 13.8 Å². The maximum atomic E-state index is 13.1. The number of carbonyl (C=O) groups excluding carboxylic acids is 2. The van der Waals surface area contributed by atoms with Gasteiger partial charge in [0.1, 0.15) is 0 Å². The van der Waals surface area contributed by atoms with Gasteiger partial charge in [-0.3, -0.25) is 9.59 Å². The van der Waals surface area contributed by atoms with Crippen molar-refractivity contribution in [2.45, 2.75) is 120 Å². The van der Waals surface area contributed by atoms with E-state index in [1.165, 1.54) is 22.3 Å². The van der Waals surface area contributed by atoms with Crippen molar-refractivity contribution in [1.82, 2.24) is 41.2 Å². The smallest absolute Gasteiger partial charge is 0.220 e. The largest absolute Gasteiger partial charge is 0.356 e. The van der Waals surface area contributed by atoms with E-state index in [0.717, 1.165) is 132 Å². The minimum absolute atomic E-state index is 0.0567. The predicted molar refractivity (Wildman–Crippen MR) is 234 cm³/mol. The fourth-order valence-corrected chi connectivity index (χ4v) is 7.97. The van der Waals surface area contributed by atoms with Gasteiger partial charge >= 0.3 is 0 Å². The number of allylic oxidation sites excluding steroid dienone is 4. The molecule has 0 aliphatic carbocycles. The summed E-state index contributed by atoms with van der Waals surface area (Å²) < 4.78 is 0. The molecule has 0 saturated carbocycles. The normalized spacial score (nSPS) is 12.9. The van der Waals surface area contributed by atoms with E-state index in [2.05, 4.69) is 111 Å². The second-order valence-corrected chi connectivity index (χ2v) is 15.2. The highest BCUT2D eigenvalue weighted by atomic mass is 16.2. The Kier molecular flexibility index (Phi) is 15.7. The third-order valence-corrected chi connectivity index (χ3v) is 11.4. The number of carbonyl (C=O) groups is 2. The van der Waals surface area contributed by atoms with E-state index in [-0.39, 0.29) is 11.8 Å². The van der Waals surface area contributed by atoms with Crippen molar-refractivity contribution in [3.8, 4) is 0 Å². The van der Waals surface area contributed by atoms with E-state index >= 15 is 0 Å². The summed E-state index contributed by atoms with van der Waals surface area (Å²) in [5, 5.41) is 13.0. The quantitative estimate of drug-likeness (QED) is 0.0639. The molecule has 8 bridgehead atoms. The fourth-order valence-electron chi connectivity index (χ4n) is 7.97. The number of hydrogen-bond acceptors (Lipinski definition) is 6. The molecule has 56 heavy (non-hydrogen) atoms. The standard InChI is InChI=1S/C46H66N8O2/c1-9-33-29(5)37-25-38-31(7)35(17-19-45(55)49-23-15-13-21-47-11-3)43(53-38)28-44-36(18-20-46(56)50-24-16-14-22-48-12-4)32(8)40(54-44)27-42-34(10-2)30(6)39(52-42)26-41(33)51-37/h25-28,47-48,51,54H,9-24H2,1-8H3,(H,49,55)(H,50,56). The Morgan fingerprint density at radius 2 is 0.982 bits per heavy atom. The third kappa shape index (κ3) is 10.4. The van der Waals surface area contributed by atoms with Gasteiger partial charge in [-0.15, -0.1) is 0 Å². The van der Waals surface area contributed by atoms with E-state index in [1.807, 2.05) is 0 Å². The molecule has 10 nitrogen and oxygen atoms in total. The summed E-state index contributed by atoms with van der Waals surface area (Å²) in [7, 11) is 0. The highest BCUT2D eigenvalue weighted by Crippen LogP contribution is 2.37. The molecule has 0 aromatic carbocycles. The number of aromatic amines is 2. The zero-order valence-electron chi connectivity index (χ0n) is 35.3. The van der Waals surface area contributed by atoms with Crippen molar-refractivity contribution in [2.24, 2.45) is 0 Å². The summed E-state index contributed by atoms with van der Waals surface area (Å²) in [6.45, 7) is 22.4. The number of aryl methyl sites for hydroxylation is 4. The van der Waals surface area contributed by atoms with Crippen molar-refractivity contribution in [2.75, 3.05) is 39.3 Å². The van der Waals surface area contributed by atoms with Crippen LogP contribution in [-0.4, -0.2) is 71.0 Å². The molecule has 3 aromatic heterocycles. The molecule has 3 aromatic rings. The lowest BCUT2D eigenvalue weighted by molar-refractivity contribution is -0.121. The van der Waals surface area contributed by atoms with E-state index in [9.17, 15) is 9.59 Å². The first-order valence-corrected chi connectivity index (χ1v) is 21.2. The molecule has 2 aliphatic heterocycles. The Morgan fingerprint density at radius 1 is 0.536 bits per heavy atom. The SMILES string of the molecule is CCNCCCCNC(=O)CCC1=C(C)c2cc3[nH]c(cc4nc(cc5[nH]c(cc1n2)c(CCC(=O)NCCCCNCC)c5C)C(CC)=C4C)c(CC)c3C. The average Bonchev–Trinajstić information content (AvgIpc) is 3.85. The van der Waals surface area contributed by atoms with Crippen molar-refractivity contribution in [3.05, 3.63) is 69.3 Å². The first kappa shape index (κ1) is 42.6. The number of nitrogens with one attached hydrogen (secondary N) is 6. The Labute approximate surface area is 334 Å². The molecular weight excluding hydrogens is 697 g/mol. The van der Waals surface area contributed by atoms with Crippen LogP contribution in [0.2, 0.25) is 0 Å². The molecule has 2 amide bonds. The molecule has 0 atom stereocenters. The van der Waals surface area contributed by atoms with Gasteiger partial charge in [0, 0.05) is 48.0 Å². The number of amides is 2. The first-order chi connectivity index (χ1) is 27.1. The number of fused-ring (bicyclic) bond motifs is 8. The highest BCUT2D eigenvalue weighted by molar-refractivity contribution is 5.95. The molecule has 2 aliphatic rings. The van der Waals surface area contributed by atoms with Gasteiger partial charge in [0.25, 0.3) is 0 Å². The van der Waals surface area contributed by atoms with E-state index in [1.54, 1.807) is 0 Å². The number of H-pyrrole nitrogens is 2. The van der Waals surface area contributed by atoms with Gasteiger partial charge in [0.05, 0.1) is 22.8 Å². The molecule has 0 radical (unpaired) electrons. The van der Waals surface area contributed by atoms with Crippen LogP contribution in [-0.2, 0) is 22.4 Å². The van der Waals surface area contributed by atoms with Gasteiger partial charge in [-0.2, -0.15) is 0 Å². The van der Waals surface area contributed by atoms with Crippen LogP contribution in [0.15, 0.2) is 24.3 Å². The number of unbranched alkanes of at least 4 members (excludes halogenated alkanes) is 2. The van der Waals surface area contributed by atoms with E-state index in [0.29, 0.717) is 38.8 Å². The summed E-state index contributed by atoms with van der Waals surface area (Å²) in [5.74, 6) is 0.117. The highest BCUT2D eigenvalue weighted by Gasteiger charge is 2.21. The number of nitrogens with zero attached hydrogens (tertiary/aromatic N) is 2. The first-order valence-electron chi connectivity index (χ1n) is 21.2. The second kappa shape index (κ2) is 20.6. The summed E-state index contributed by atoms with van der Waals surface area (Å²) in [6.07, 6.45) is 7.68. The van der Waals surface area contributed by atoms with Crippen molar-refractivity contribution in [3.63, 3.8) is 0 Å². The molecule has 302 valence electrons. The average molecular weight is 763 g/mol. The maximum absolute atomic E-state index is 13.1. The maximum Gasteiger partial charge on any atom is 0.220 e. The summed E-state index contributed by atoms with van der Waals surface area (Å²) in [4.78, 5) is 44.2. The molecule has 5 rings (SSSR count). The topological polar surface area (TPSA) is 140 Å².